The van der Waals surface area contributed by atoms with Gasteiger partial charge >= 0.3 is 0 Å². The van der Waals surface area contributed by atoms with Crippen molar-refractivity contribution in [1.29, 1.82) is 0 Å². The van der Waals surface area contributed by atoms with Gasteiger partial charge in [-0.1, -0.05) is 73.9 Å². The predicted molar refractivity (Wildman–Crippen MR) is 121 cm³/mol. The molecule has 2 aromatic carbocycles. The number of nitrogens with zero attached hydrogens (tertiary/aromatic N) is 1. The Bertz CT molecular complexity index is 854. The average Bonchev–Trinajstić information content (AvgIpc) is 3.24. The fraction of sp³-hybridized carbons (Fsp3) is 0.462. The molecule has 4 heteroatoms. The fourth-order valence-electron chi connectivity index (χ4n) is 4.24. The van der Waals surface area contributed by atoms with Crippen molar-refractivity contribution in [2.75, 3.05) is 0 Å². The van der Waals surface area contributed by atoms with E-state index in [1.165, 1.54) is 18.4 Å². The van der Waals surface area contributed by atoms with Gasteiger partial charge in [-0.15, -0.1) is 0 Å². The van der Waals surface area contributed by atoms with Crippen molar-refractivity contribution in [1.82, 2.24) is 10.2 Å². The third kappa shape index (κ3) is 5.71. The van der Waals surface area contributed by atoms with E-state index in [0.717, 1.165) is 29.5 Å². The molecule has 0 aliphatic heterocycles. The number of rotatable bonds is 8. The molecule has 3 rings (SSSR count). The third-order valence-corrected chi connectivity index (χ3v) is 6.17. The largest absolute Gasteiger partial charge is 0.352 e. The Hall–Kier alpha value is -2.62. The molecule has 0 saturated heterocycles. The molecule has 1 atom stereocenters. The Labute approximate surface area is 180 Å². The van der Waals surface area contributed by atoms with Gasteiger partial charge in [0.25, 0.3) is 0 Å². The molecule has 0 heterocycles. The van der Waals surface area contributed by atoms with Gasteiger partial charge < -0.3 is 10.2 Å². The van der Waals surface area contributed by atoms with Gasteiger partial charge in [0.15, 0.2) is 0 Å². The molecule has 1 aliphatic rings. The molecule has 30 heavy (non-hydrogen) atoms. The average molecular weight is 407 g/mol. The molecule has 0 aromatic heterocycles. The van der Waals surface area contributed by atoms with Crippen LogP contribution in [-0.2, 0) is 22.6 Å². The minimum Gasteiger partial charge on any atom is -0.352 e. The Morgan fingerprint density at radius 2 is 1.70 bits per heavy atom. The molecular formula is C26H34N2O2. The number of amides is 2. The lowest BCUT2D eigenvalue weighted by Gasteiger charge is -2.32. The molecule has 0 bridgehead atoms. The van der Waals surface area contributed by atoms with E-state index in [4.69, 9.17) is 0 Å². The summed E-state index contributed by atoms with van der Waals surface area (Å²) in [4.78, 5) is 28.3. The first-order valence-electron chi connectivity index (χ1n) is 11.2. The normalized spacial score (nSPS) is 15.0. The molecule has 0 unspecified atom stereocenters. The van der Waals surface area contributed by atoms with Gasteiger partial charge in [-0.3, -0.25) is 9.59 Å². The summed E-state index contributed by atoms with van der Waals surface area (Å²) in [5.41, 5.74) is 4.37. The molecule has 1 fully saturated rings. The Kier molecular flexibility index (Phi) is 7.67. The van der Waals surface area contributed by atoms with Crippen LogP contribution in [0.1, 0.15) is 61.3 Å². The Morgan fingerprint density at radius 1 is 1.03 bits per heavy atom. The molecule has 0 spiro atoms. The minimum absolute atomic E-state index is 0.00414. The number of aryl methyl sites for hydroxylation is 2. The van der Waals surface area contributed by atoms with Crippen molar-refractivity contribution in [3.8, 4) is 0 Å². The number of carbonyl (C=O) groups excluding carboxylic acids is 2. The fourth-order valence-corrected chi connectivity index (χ4v) is 4.24. The summed E-state index contributed by atoms with van der Waals surface area (Å²) in [7, 11) is 0. The van der Waals surface area contributed by atoms with Crippen LogP contribution in [0.25, 0.3) is 0 Å². The van der Waals surface area contributed by atoms with Gasteiger partial charge in [0.2, 0.25) is 11.8 Å². The van der Waals surface area contributed by atoms with Crippen LogP contribution in [0.2, 0.25) is 0 Å². The molecule has 0 radical (unpaired) electrons. The quantitative estimate of drug-likeness (QED) is 0.690. The van der Waals surface area contributed by atoms with E-state index in [1.807, 2.05) is 56.3 Å². The lowest BCUT2D eigenvalue weighted by atomic mass is 10.0. The van der Waals surface area contributed by atoms with E-state index in [2.05, 4.69) is 18.3 Å². The second kappa shape index (κ2) is 10.4. The smallest absolute Gasteiger partial charge is 0.243 e. The molecule has 2 aromatic rings. The van der Waals surface area contributed by atoms with Gasteiger partial charge in [0.1, 0.15) is 6.04 Å². The number of benzene rings is 2. The zero-order chi connectivity index (χ0) is 21.5. The van der Waals surface area contributed by atoms with Crippen LogP contribution in [0.4, 0.5) is 0 Å². The van der Waals surface area contributed by atoms with Crippen molar-refractivity contribution in [2.24, 2.45) is 0 Å². The van der Waals surface area contributed by atoms with E-state index >= 15 is 0 Å². The molecular weight excluding hydrogens is 372 g/mol. The van der Waals surface area contributed by atoms with Crippen molar-refractivity contribution >= 4 is 11.8 Å². The minimum atomic E-state index is -0.455. The maximum absolute atomic E-state index is 13.4. The van der Waals surface area contributed by atoms with E-state index < -0.39 is 6.04 Å². The second-order valence-corrected chi connectivity index (χ2v) is 8.52. The van der Waals surface area contributed by atoms with Crippen molar-refractivity contribution in [3.05, 3.63) is 70.8 Å². The van der Waals surface area contributed by atoms with Crippen LogP contribution in [0.15, 0.2) is 48.5 Å². The van der Waals surface area contributed by atoms with Gasteiger partial charge in [0.05, 0.1) is 6.42 Å². The Balaban J connectivity index is 1.82. The van der Waals surface area contributed by atoms with E-state index in [0.29, 0.717) is 19.4 Å². The molecule has 1 aliphatic carbocycles. The van der Waals surface area contributed by atoms with Crippen molar-refractivity contribution in [3.63, 3.8) is 0 Å². The van der Waals surface area contributed by atoms with Gasteiger partial charge in [-0.25, -0.2) is 0 Å². The number of hydrogen-bond donors (Lipinski definition) is 1. The highest BCUT2D eigenvalue weighted by molar-refractivity contribution is 5.88. The molecule has 4 nitrogen and oxygen atoms in total. The van der Waals surface area contributed by atoms with Crippen LogP contribution >= 0.6 is 0 Å². The van der Waals surface area contributed by atoms with E-state index in [1.54, 1.807) is 4.90 Å². The van der Waals surface area contributed by atoms with Crippen molar-refractivity contribution in [2.45, 2.75) is 77.9 Å². The highest BCUT2D eigenvalue weighted by Gasteiger charge is 2.30. The number of carbonyl (C=O) groups is 2. The van der Waals surface area contributed by atoms with Crippen LogP contribution in [0.3, 0.4) is 0 Å². The summed E-state index contributed by atoms with van der Waals surface area (Å²) in [5, 5.41) is 3.20. The van der Waals surface area contributed by atoms with E-state index in [-0.39, 0.29) is 17.9 Å². The van der Waals surface area contributed by atoms with E-state index in [9.17, 15) is 9.59 Å². The first kappa shape index (κ1) is 22.1. The van der Waals surface area contributed by atoms with Crippen LogP contribution in [0.5, 0.6) is 0 Å². The summed E-state index contributed by atoms with van der Waals surface area (Å²) < 4.78 is 0. The standard InChI is InChI=1S/C26H34N2O2/c1-4-24(26(30)27-23-11-7-8-12-23)28(18-22-10-6-5-9-20(22)3)25(29)17-21-15-13-19(2)14-16-21/h5-6,9-10,13-16,23-24H,4,7-8,11-12,17-18H2,1-3H3,(H,27,30)/t24-/m0/s1. The van der Waals surface area contributed by atoms with Crippen LogP contribution < -0.4 is 5.32 Å². The van der Waals surface area contributed by atoms with Gasteiger partial charge in [-0.2, -0.15) is 0 Å². The summed E-state index contributed by atoms with van der Waals surface area (Å²) in [6.45, 7) is 6.53. The third-order valence-electron chi connectivity index (χ3n) is 6.17. The SMILES string of the molecule is CC[C@@H](C(=O)NC1CCCC1)N(Cc1ccccc1C)C(=O)Cc1ccc(C)cc1. The topological polar surface area (TPSA) is 49.4 Å². The monoisotopic (exact) mass is 406 g/mol. The van der Waals surface area contributed by atoms with Crippen molar-refractivity contribution < 1.29 is 9.59 Å². The van der Waals surface area contributed by atoms with Gasteiger partial charge in [0, 0.05) is 12.6 Å². The first-order chi connectivity index (χ1) is 14.5. The van der Waals surface area contributed by atoms with Crippen LogP contribution in [0, 0.1) is 13.8 Å². The van der Waals surface area contributed by atoms with Gasteiger partial charge in [-0.05, 0) is 49.8 Å². The lowest BCUT2D eigenvalue weighted by Crippen LogP contribution is -2.51. The molecule has 1 N–H and O–H groups in total. The maximum atomic E-state index is 13.4. The highest BCUT2D eigenvalue weighted by atomic mass is 16.2. The summed E-state index contributed by atoms with van der Waals surface area (Å²) in [6, 6.07) is 15.9. The summed E-state index contributed by atoms with van der Waals surface area (Å²) in [6.07, 6.45) is 5.32. The number of hydrogen-bond acceptors (Lipinski definition) is 2. The zero-order valence-electron chi connectivity index (χ0n) is 18.5. The molecule has 1 saturated carbocycles. The second-order valence-electron chi connectivity index (χ2n) is 8.52. The zero-order valence-corrected chi connectivity index (χ0v) is 18.5. The lowest BCUT2D eigenvalue weighted by molar-refractivity contribution is -0.141. The molecule has 160 valence electrons. The Morgan fingerprint density at radius 3 is 2.33 bits per heavy atom. The summed E-state index contributed by atoms with van der Waals surface area (Å²) >= 11 is 0. The molecule has 2 amide bonds. The van der Waals surface area contributed by atoms with Crippen LogP contribution in [-0.4, -0.2) is 28.8 Å². The highest BCUT2D eigenvalue weighted by Crippen LogP contribution is 2.20. The first-order valence-corrected chi connectivity index (χ1v) is 11.2. The predicted octanol–water partition coefficient (Wildman–Crippen LogP) is 4.71. The number of nitrogens with one attached hydrogen (secondary N) is 1. The summed E-state index contributed by atoms with van der Waals surface area (Å²) in [5.74, 6) is -0.0224. The maximum Gasteiger partial charge on any atom is 0.243 e.